The van der Waals surface area contributed by atoms with E-state index in [1.807, 2.05) is 36.1 Å². The molecule has 0 saturated carbocycles. The van der Waals surface area contributed by atoms with Gasteiger partial charge in [-0.25, -0.2) is 0 Å². The first kappa shape index (κ1) is 16.0. The second-order valence-electron chi connectivity index (χ2n) is 5.86. The van der Waals surface area contributed by atoms with Gasteiger partial charge >= 0.3 is 0 Å². The van der Waals surface area contributed by atoms with Crippen LogP contribution in [0.25, 0.3) is 11.4 Å². The van der Waals surface area contributed by atoms with Crippen LogP contribution < -0.4 is 0 Å². The lowest BCUT2D eigenvalue weighted by Gasteiger charge is -2.33. The van der Waals surface area contributed by atoms with Crippen molar-refractivity contribution in [1.82, 2.24) is 15.0 Å². The molecule has 122 valence electrons. The lowest BCUT2D eigenvalue weighted by atomic mass is 10.0. The van der Waals surface area contributed by atoms with Crippen LogP contribution in [0.5, 0.6) is 0 Å². The molecule has 1 aliphatic rings. The summed E-state index contributed by atoms with van der Waals surface area (Å²) in [5, 5.41) is 4.09. The molecule has 0 aliphatic carbocycles. The molecule has 0 spiro atoms. The second-order valence-corrected chi connectivity index (χ2v) is 6.24. The zero-order valence-corrected chi connectivity index (χ0v) is 13.9. The third-order valence-corrected chi connectivity index (χ3v) is 4.32. The molecule has 0 bridgehead atoms. The molecule has 0 N–H and O–H groups in total. The van der Waals surface area contributed by atoms with Crippen LogP contribution >= 0.6 is 11.6 Å². The number of halogens is 1. The molecule has 1 aliphatic heterocycles. The SMILES string of the molecule is Cc1cccc(-c2noc(C3CCCCN3C(=O)CCCl)n2)c1. The Labute approximate surface area is 140 Å². The van der Waals surface area contributed by atoms with Crippen LogP contribution in [0.15, 0.2) is 28.8 Å². The summed E-state index contributed by atoms with van der Waals surface area (Å²) in [5.41, 5.74) is 2.07. The smallest absolute Gasteiger partial charge is 0.249 e. The van der Waals surface area contributed by atoms with Gasteiger partial charge in [-0.2, -0.15) is 4.98 Å². The van der Waals surface area contributed by atoms with Gasteiger partial charge in [-0.05, 0) is 32.3 Å². The number of benzene rings is 1. The fourth-order valence-electron chi connectivity index (χ4n) is 2.98. The van der Waals surface area contributed by atoms with Crippen molar-refractivity contribution in [2.75, 3.05) is 12.4 Å². The van der Waals surface area contributed by atoms with E-state index in [1.165, 1.54) is 0 Å². The van der Waals surface area contributed by atoms with E-state index in [0.29, 0.717) is 24.0 Å². The van der Waals surface area contributed by atoms with E-state index in [0.717, 1.165) is 36.9 Å². The van der Waals surface area contributed by atoms with E-state index < -0.39 is 0 Å². The number of nitrogens with zero attached hydrogens (tertiary/aromatic N) is 3. The van der Waals surface area contributed by atoms with Crippen LogP contribution in [0, 0.1) is 6.92 Å². The third-order valence-electron chi connectivity index (χ3n) is 4.13. The molecule has 2 heterocycles. The Kier molecular flexibility index (Phi) is 4.96. The number of rotatable bonds is 4. The number of hydrogen-bond donors (Lipinski definition) is 0. The van der Waals surface area contributed by atoms with E-state index in [1.54, 1.807) is 0 Å². The molecule has 1 aromatic heterocycles. The molecular formula is C17H20ClN3O2. The Balaban J connectivity index is 1.84. The predicted octanol–water partition coefficient (Wildman–Crippen LogP) is 3.73. The number of aryl methyl sites for hydroxylation is 1. The molecule has 6 heteroatoms. The van der Waals surface area contributed by atoms with E-state index in [9.17, 15) is 4.79 Å². The molecule has 23 heavy (non-hydrogen) atoms. The first-order valence-corrected chi connectivity index (χ1v) is 8.48. The van der Waals surface area contributed by atoms with Crippen LogP contribution in [0.4, 0.5) is 0 Å². The van der Waals surface area contributed by atoms with Gasteiger partial charge in [-0.15, -0.1) is 11.6 Å². The van der Waals surface area contributed by atoms with Crippen LogP contribution in [-0.4, -0.2) is 33.4 Å². The van der Waals surface area contributed by atoms with Gasteiger partial charge in [-0.1, -0.05) is 28.9 Å². The number of piperidine rings is 1. The van der Waals surface area contributed by atoms with Gasteiger partial charge in [0.15, 0.2) is 0 Å². The molecule has 5 nitrogen and oxygen atoms in total. The number of likely N-dealkylation sites (tertiary alicyclic amines) is 1. The maximum atomic E-state index is 12.3. The lowest BCUT2D eigenvalue weighted by molar-refractivity contribution is -0.135. The van der Waals surface area contributed by atoms with Crippen molar-refractivity contribution in [3.05, 3.63) is 35.7 Å². The highest BCUT2D eigenvalue weighted by Crippen LogP contribution is 2.31. The number of amides is 1. The largest absolute Gasteiger partial charge is 0.337 e. The minimum atomic E-state index is -0.134. The molecule has 1 aromatic carbocycles. The van der Waals surface area contributed by atoms with Crippen LogP contribution in [-0.2, 0) is 4.79 Å². The Morgan fingerprint density at radius 3 is 3.09 bits per heavy atom. The summed E-state index contributed by atoms with van der Waals surface area (Å²) in [5.74, 6) is 1.48. The van der Waals surface area contributed by atoms with E-state index in [4.69, 9.17) is 16.1 Å². The Hall–Kier alpha value is -1.88. The molecule has 1 unspecified atom stereocenters. The van der Waals surface area contributed by atoms with Gasteiger partial charge in [0.25, 0.3) is 0 Å². The highest BCUT2D eigenvalue weighted by atomic mass is 35.5. The minimum Gasteiger partial charge on any atom is -0.337 e. The maximum Gasteiger partial charge on any atom is 0.249 e. The highest BCUT2D eigenvalue weighted by Gasteiger charge is 2.31. The van der Waals surface area contributed by atoms with Crippen LogP contribution in [0.3, 0.4) is 0 Å². The van der Waals surface area contributed by atoms with Gasteiger partial charge in [-0.3, -0.25) is 4.79 Å². The molecule has 1 saturated heterocycles. The monoisotopic (exact) mass is 333 g/mol. The molecule has 1 fully saturated rings. The van der Waals surface area contributed by atoms with Crippen molar-refractivity contribution in [3.63, 3.8) is 0 Å². The van der Waals surface area contributed by atoms with Crippen molar-refractivity contribution in [3.8, 4) is 11.4 Å². The zero-order valence-electron chi connectivity index (χ0n) is 13.2. The molecule has 3 rings (SSSR count). The summed E-state index contributed by atoms with van der Waals surface area (Å²) in [6, 6.07) is 7.84. The molecular weight excluding hydrogens is 314 g/mol. The van der Waals surface area contributed by atoms with Gasteiger partial charge in [0.05, 0.1) is 0 Å². The summed E-state index contributed by atoms with van der Waals surface area (Å²) in [6.07, 6.45) is 3.25. The van der Waals surface area contributed by atoms with Gasteiger partial charge in [0.2, 0.25) is 17.6 Å². The lowest BCUT2D eigenvalue weighted by Crippen LogP contribution is -2.38. The van der Waals surface area contributed by atoms with Crippen molar-refractivity contribution in [1.29, 1.82) is 0 Å². The first-order valence-electron chi connectivity index (χ1n) is 7.95. The molecule has 2 aromatic rings. The number of aromatic nitrogens is 2. The third kappa shape index (κ3) is 3.55. The van der Waals surface area contributed by atoms with E-state index >= 15 is 0 Å². The van der Waals surface area contributed by atoms with Gasteiger partial charge in [0.1, 0.15) is 6.04 Å². The molecule has 1 atom stereocenters. The Bertz CT molecular complexity index is 686. The Morgan fingerprint density at radius 1 is 1.43 bits per heavy atom. The van der Waals surface area contributed by atoms with E-state index in [-0.39, 0.29) is 11.9 Å². The predicted molar refractivity (Wildman–Crippen MR) is 88.1 cm³/mol. The normalized spacial score (nSPS) is 18.2. The van der Waals surface area contributed by atoms with Gasteiger partial charge in [0, 0.05) is 24.4 Å². The Morgan fingerprint density at radius 2 is 2.30 bits per heavy atom. The summed E-state index contributed by atoms with van der Waals surface area (Å²) in [6.45, 7) is 2.75. The standard InChI is InChI=1S/C17H20ClN3O2/c1-12-5-4-6-13(11-12)16-19-17(23-20-16)14-7-2-3-10-21(14)15(22)8-9-18/h4-6,11,14H,2-3,7-10H2,1H3. The van der Waals surface area contributed by atoms with E-state index in [2.05, 4.69) is 10.1 Å². The summed E-state index contributed by atoms with van der Waals surface area (Å²) in [4.78, 5) is 18.6. The topological polar surface area (TPSA) is 59.2 Å². The number of carbonyl (C=O) groups is 1. The molecule has 1 amide bonds. The van der Waals surface area contributed by atoms with Crippen LogP contribution in [0.2, 0.25) is 0 Å². The van der Waals surface area contributed by atoms with Crippen molar-refractivity contribution < 1.29 is 9.32 Å². The number of alkyl halides is 1. The maximum absolute atomic E-state index is 12.3. The average molecular weight is 334 g/mol. The van der Waals surface area contributed by atoms with Crippen LogP contribution in [0.1, 0.15) is 43.2 Å². The van der Waals surface area contributed by atoms with Crippen molar-refractivity contribution in [2.45, 2.75) is 38.6 Å². The fraction of sp³-hybridized carbons (Fsp3) is 0.471. The first-order chi connectivity index (χ1) is 11.2. The van der Waals surface area contributed by atoms with Crippen molar-refractivity contribution in [2.24, 2.45) is 0 Å². The fourth-order valence-corrected chi connectivity index (χ4v) is 3.14. The summed E-state index contributed by atoms with van der Waals surface area (Å²) >= 11 is 5.71. The molecule has 0 radical (unpaired) electrons. The average Bonchev–Trinajstić information content (AvgIpc) is 3.05. The van der Waals surface area contributed by atoms with Gasteiger partial charge < -0.3 is 9.42 Å². The summed E-state index contributed by atoms with van der Waals surface area (Å²) < 4.78 is 5.47. The minimum absolute atomic E-state index is 0.0556. The number of carbonyl (C=O) groups excluding carboxylic acids is 1. The second kappa shape index (κ2) is 7.13. The quantitative estimate of drug-likeness (QED) is 0.800. The van der Waals surface area contributed by atoms with Crippen molar-refractivity contribution >= 4 is 17.5 Å². The highest BCUT2D eigenvalue weighted by molar-refractivity contribution is 6.18. The zero-order chi connectivity index (χ0) is 16.2. The number of hydrogen-bond acceptors (Lipinski definition) is 4. The summed E-state index contributed by atoms with van der Waals surface area (Å²) in [7, 11) is 0.